The number of rotatable bonds is 7. The number of hydrogen-bond donors (Lipinski definition) is 1. The maximum atomic E-state index is 11.4. The number of amides is 1. The summed E-state index contributed by atoms with van der Waals surface area (Å²) in [6, 6.07) is 5.76. The maximum absolute atomic E-state index is 11.4. The van der Waals surface area contributed by atoms with E-state index in [1.165, 1.54) is 18.2 Å². The topological polar surface area (TPSA) is 81.5 Å². The zero-order valence-electron chi connectivity index (χ0n) is 11.1. The Bertz CT molecular complexity index is 446. The molecular formula is C13H18N2O4. The van der Waals surface area contributed by atoms with Crippen molar-refractivity contribution in [2.45, 2.75) is 20.3 Å². The van der Waals surface area contributed by atoms with Crippen molar-refractivity contribution in [1.29, 1.82) is 0 Å². The van der Waals surface area contributed by atoms with Gasteiger partial charge in [0.25, 0.3) is 11.6 Å². The minimum atomic E-state index is -0.504. The Morgan fingerprint density at radius 1 is 1.47 bits per heavy atom. The van der Waals surface area contributed by atoms with Crippen LogP contribution in [0.2, 0.25) is 0 Å². The molecule has 1 aromatic carbocycles. The van der Waals surface area contributed by atoms with Crippen molar-refractivity contribution in [2.24, 2.45) is 5.92 Å². The first-order chi connectivity index (χ1) is 8.99. The Morgan fingerprint density at radius 2 is 2.21 bits per heavy atom. The van der Waals surface area contributed by atoms with Crippen LogP contribution in [-0.2, 0) is 4.79 Å². The van der Waals surface area contributed by atoms with Crippen LogP contribution in [0.5, 0.6) is 5.75 Å². The second-order valence-corrected chi connectivity index (χ2v) is 4.58. The van der Waals surface area contributed by atoms with Crippen LogP contribution in [0.25, 0.3) is 0 Å². The summed E-state index contributed by atoms with van der Waals surface area (Å²) in [5.74, 6) is 0.610. The third kappa shape index (κ3) is 5.85. The fourth-order valence-electron chi connectivity index (χ4n) is 1.39. The van der Waals surface area contributed by atoms with Crippen molar-refractivity contribution in [2.75, 3.05) is 13.2 Å². The lowest BCUT2D eigenvalue weighted by molar-refractivity contribution is -0.384. The van der Waals surface area contributed by atoms with Gasteiger partial charge < -0.3 is 10.1 Å². The number of nitro groups is 1. The van der Waals surface area contributed by atoms with Gasteiger partial charge >= 0.3 is 0 Å². The van der Waals surface area contributed by atoms with Crippen LogP contribution in [0.4, 0.5) is 5.69 Å². The van der Waals surface area contributed by atoms with Gasteiger partial charge in [-0.15, -0.1) is 0 Å². The summed E-state index contributed by atoms with van der Waals surface area (Å²) in [5, 5.41) is 13.3. The minimum absolute atomic E-state index is 0.0577. The molecule has 104 valence electrons. The number of nitro benzene ring substituents is 1. The molecule has 1 amide bonds. The van der Waals surface area contributed by atoms with E-state index in [1.54, 1.807) is 6.07 Å². The fourth-order valence-corrected chi connectivity index (χ4v) is 1.39. The highest BCUT2D eigenvalue weighted by atomic mass is 16.6. The molecule has 0 aliphatic rings. The third-order valence-electron chi connectivity index (χ3n) is 2.44. The highest BCUT2D eigenvalue weighted by Gasteiger charge is 2.08. The van der Waals surface area contributed by atoms with E-state index >= 15 is 0 Å². The first kappa shape index (κ1) is 14.9. The molecule has 1 N–H and O–H groups in total. The predicted molar refractivity (Wildman–Crippen MR) is 71.1 cm³/mol. The maximum Gasteiger partial charge on any atom is 0.273 e. The van der Waals surface area contributed by atoms with E-state index in [0.29, 0.717) is 18.2 Å². The van der Waals surface area contributed by atoms with Crippen molar-refractivity contribution in [3.63, 3.8) is 0 Å². The fraction of sp³-hybridized carbons (Fsp3) is 0.462. The van der Waals surface area contributed by atoms with Gasteiger partial charge in [-0.05, 0) is 18.4 Å². The lowest BCUT2D eigenvalue weighted by Gasteiger charge is -2.08. The minimum Gasteiger partial charge on any atom is -0.484 e. The molecule has 0 radical (unpaired) electrons. The largest absolute Gasteiger partial charge is 0.484 e. The summed E-state index contributed by atoms with van der Waals surface area (Å²) in [5.41, 5.74) is -0.0577. The number of nitrogens with one attached hydrogen (secondary N) is 1. The van der Waals surface area contributed by atoms with Crippen LogP contribution in [0.15, 0.2) is 24.3 Å². The van der Waals surface area contributed by atoms with Crippen LogP contribution in [-0.4, -0.2) is 24.0 Å². The normalized spacial score (nSPS) is 10.3. The standard InChI is InChI=1S/C13H18N2O4/c1-10(2)6-7-14-13(16)9-19-12-5-3-4-11(8-12)15(17)18/h3-5,8,10H,6-7,9H2,1-2H3,(H,14,16). The second-order valence-electron chi connectivity index (χ2n) is 4.58. The molecule has 0 saturated heterocycles. The summed E-state index contributed by atoms with van der Waals surface area (Å²) < 4.78 is 5.20. The molecule has 0 aliphatic heterocycles. The molecule has 0 fully saturated rings. The summed E-state index contributed by atoms with van der Waals surface area (Å²) in [6.07, 6.45) is 0.905. The quantitative estimate of drug-likeness (QED) is 0.605. The highest BCUT2D eigenvalue weighted by molar-refractivity contribution is 5.77. The van der Waals surface area contributed by atoms with Gasteiger partial charge in [0, 0.05) is 12.6 Å². The second kappa shape index (κ2) is 7.35. The Kier molecular flexibility index (Phi) is 5.78. The monoisotopic (exact) mass is 266 g/mol. The summed E-state index contributed by atoms with van der Waals surface area (Å²) in [6.45, 7) is 4.62. The Labute approximate surface area is 111 Å². The predicted octanol–water partition coefficient (Wildman–Crippen LogP) is 2.14. The number of non-ortho nitro benzene ring substituents is 1. The molecule has 6 heteroatoms. The Morgan fingerprint density at radius 3 is 2.84 bits per heavy atom. The zero-order valence-corrected chi connectivity index (χ0v) is 11.1. The van der Waals surface area contributed by atoms with Crippen LogP contribution < -0.4 is 10.1 Å². The summed E-state index contributed by atoms with van der Waals surface area (Å²) >= 11 is 0. The summed E-state index contributed by atoms with van der Waals surface area (Å²) in [7, 11) is 0. The van der Waals surface area contributed by atoms with E-state index in [1.807, 2.05) is 0 Å². The molecule has 0 heterocycles. The lowest BCUT2D eigenvalue weighted by Crippen LogP contribution is -2.30. The number of nitrogens with zero attached hydrogens (tertiary/aromatic N) is 1. The number of carbonyl (C=O) groups excluding carboxylic acids is 1. The molecule has 0 aliphatic carbocycles. The molecule has 0 atom stereocenters. The van der Waals surface area contributed by atoms with Gasteiger partial charge in [-0.1, -0.05) is 19.9 Å². The molecule has 1 rings (SSSR count). The molecule has 19 heavy (non-hydrogen) atoms. The van der Waals surface area contributed by atoms with Gasteiger partial charge in [0.1, 0.15) is 5.75 Å². The zero-order chi connectivity index (χ0) is 14.3. The SMILES string of the molecule is CC(C)CCNC(=O)COc1cccc([N+](=O)[O-])c1. The highest BCUT2D eigenvalue weighted by Crippen LogP contribution is 2.18. The van der Waals surface area contributed by atoms with Crippen molar-refractivity contribution in [3.05, 3.63) is 34.4 Å². The Balaban J connectivity index is 2.37. The van der Waals surface area contributed by atoms with Crippen LogP contribution in [0, 0.1) is 16.0 Å². The first-order valence-electron chi connectivity index (χ1n) is 6.13. The van der Waals surface area contributed by atoms with E-state index in [0.717, 1.165) is 6.42 Å². The van der Waals surface area contributed by atoms with Gasteiger partial charge in [-0.3, -0.25) is 14.9 Å². The van der Waals surface area contributed by atoms with Gasteiger partial charge in [-0.25, -0.2) is 0 Å². The molecule has 0 unspecified atom stereocenters. The van der Waals surface area contributed by atoms with Crippen molar-refractivity contribution in [3.8, 4) is 5.75 Å². The van der Waals surface area contributed by atoms with Gasteiger partial charge in [0.2, 0.25) is 0 Å². The van der Waals surface area contributed by atoms with E-state index in [-0.39, 0.29) is 18.2 Å². The molecule has 1 aromatic rings. The van der Waals surface area contributed by atoms with Gasteiger partial charge in [0.15, 0.2) is 6.61 Å². The van der Waals surface area contributed by atoms with E-state index < -0.39 is 4.92 Å². The number of carbonyl (C=O) groups is 1. The van der Waals surface area contributed by atoms with Crippen LogP contribution in [0.3, 0.4) is 0 Å². The van der Waals surface area contributed by atoms with Crippen molar-refractivity contribution in [1.82, 2.24) is 5.32 Å². The van der Waals surface area contributed by atoms with E-state index in [9.17, 15) is 14.9 Å². The third-order valence-corrected chi connectivity index (χ3v) is 2.44. The molecule has 0 spiro atoms. The molecule has 0 bridgehead atoms. The summed E-state index contributed by atoms with van der Waals surface area (Å²) in [4.78, 5) is 21.5. The number of benzene rings is 1. The van der Waals surface area contributed by atoms with Crippen LogP contribution >= 0.6 is 0 Å². The van der Waals surface area contributed by atoms with Crippen molar-refractivity contribution >= 4 is 11.6 Å². The lowest BCUT2D eigenvalue weighted by atomic mass is 10.1. The van der Waals surface area contributed by atoms with Gasteiger partial charge in [-0.2, -0.15) is 0 Å². The van der Waals surface area contributed by atoms with Crippen LogP contribution in [0.1, 0.15) is 20.3 Å². The number of hydrogen-bond acceptors (Lipinski definition) is 4. The van der Waals surface area contributed by atoms with Gasteiger partial charge in [0.05, 0.1) is 11.0 Å². The van der Waals surface area contributed by atoms with E-state index in [4.69, 9.17) is 4.74 Å². The number of ether oxygens (including phenoxy) is 1. The van der Waals surface area contributed by atoms with Crippen molar-refractivity contribution < 1.29 is 14.5 Å². The average molecular weight is 266 g/mol. The smallest absolute Gasteiger partial charge is 0.273 e. The average Bonchev–Trinajstić information content (AvgIpc) is 2.36. The molecular weight excluding hydrogens is 248 g/mol. The molecule has 0 aromatic heterocycles. The van der Waals surface area contributed by atoms with E-state index in [2.05, 4.69) is 19.2 Å². The molecule has 6 nitrogen and oxygen atoms in total. The molecule has 0 saturated carbocycles. The Hall–Kier alpha value is -2.11. The first-order valence-corrected chi connectivity index (χ1v) is 6.13.